The first-order chi connectivity index (χ1) is 10.0. The second kappa shape index (κ2) is 5.26. The molecule has 1 aliphatic carbocycles. The lowest BCUT2D eigenvalue weighted by molar-refractivity contribution is 0.111. The first-order valence-electron chi connectivity index (χ1n) is 7.27. The molecule has 0 aliphatic heterocycles. The van der Waals surface area contributed by atoms with Gasteiger partial charge in [0.15, 0.2) is 6.29 Å². The molecule has 110 valence electrons. The Labute approximate surface area is 129 Å². The molecule has 0 aromatic carbocycles. The fraction of sp³-hybridized carbons (Fsp3) is 0.412. The van der Waals surface area contributed by atoms with Gasteiger partial charge >= 0.3 is 0 Å². The van der Waals surface area contributed by atoms with Gasteiger partial charge in [-0.15, -0.1) is 11.3 Å². The summed E-state index contributed by atoms with van der Waals surface area (Å²) < 4.78 is 1.71. The van der Waals surface area contributed by atoms with Gasteiger partial charge in [0.25, 0.3) is 0 Å². The molecule has 1 aliphatic rings. The van der Waals surface area contributed by atoms with Crippen LogP contribution in [0, 0.1) is 5.41 Å². The summed E-state index contributed by atoms with van der Waals surface area (Å²) in [5.41, 5.74) is 4.29. The lowest BCUT2D eigenvalue weighted by Crippen LogP contribution is -2.14. The van der Waals surface area contributed by atoms with Crippen molar-refractivity contribution in [3.05, 3.63) is 34.8 Å². The number of carbonyl (C=O) groups is 1. The molecule has 0 radical (unpaired) electrons. The highest BCUT2D eigenvalue weighted by atomic mass is 32.1. The molecule has 0 unspecified atom stereocenters. The van der Waals surface area contributed by atoms with E-state index in [0.717, 1.165) is 41.7 Å². The molecule has 2 aromatic rings. The number of rotatable bonds is 3. The number of hydrogen-bond donors (Lipinski definition) is 0. The third kappa shape index (κ3) is 2.60. The Morgan fingerprint density at radius 1 is 1.43 bits per heavy atom. The highest BCUT2D eigenvalue weighted by molar-refractivity contribution is 7.13. The maximum absolute atomic E-state index is 11.5. The average Bonchev–Trinajstić information content (AvgIpc) is 3.06. The van der Waals surface area contributed by atoms with E-state index in [4.69, 9.17) is 0 Å². The average molecular weight is 300 g/mol. The summed E-state index contributed by atoms with van der Waals surface area (Å²) in [6.45, 7) is 4.59. The number of aryl methyl sites for hydroxylation is 1. The van der Waals surface area contributed by atoms with Gasteiger partial charge in [-0.05, 0) is 41.7 Å². The first kappa shape index (κ1) is 14.3. The summed E-state index contributed by atoms with van der Waals surface area (Å²) in [6.07, 6.45) is 6.44. The molecule has 0 fully saturated rings. The van der Waals surface area contributed by atoms with Crippen molar-refractivity contribution >= 4 is 23.2 Å². The molecule has 0 saturated carbocycles. The van der Waals surface area contributed by atoms with E-state index in [1.165, 1.54) is 5.57 Å². The zero-order chi connectivity index (χ0) is 15.0. The van der Waals surface area contributed by atoms with E-state index in [0.29, 0.717) is 11.1 Å². The summed E-state index contributed by atoms with van der Waals surface area (Å²) in [4.78, 5) is 12.6. The maximum atomic E-state index is 11.5. The third-order valence-corrected chi connectivity index (χ3v) is 5.13. The van der Waals surface area contributed by atoms with E-state index in [1.54, 1.807) is 16.0 Å². The normalized spacial score (nSPS) is 17.6. The zero-order valence-electron chi connectivity index (χ0n) is 12.7. The Kier molecular flexibility index (Phi) is 3.57. The van der Waals surface area contributed by atoms with Gasteiger partial charge in [-0.1, -0.05) is 26.0 Å². The molecule has 2 heterocycles. The van der Waals surface area contributed by atoms with Crippen molar-refractivity contribution in [2.24, 2.45) is 12.5 Å². The van der Waals surface area contributed by atoms with Crippen molar-refractivity contribution in [2.75, 3.05) is 0 Å². The molecular formula is C17H20N2OS. The maximum Gasteiger partial charge on any atom is 0.168 e. The molecule has 3 rings (SSSR count). The van der Waals surface area contributed by atoms with E-state index >= 15 is 0 Å². The van der Waals surface area contributed by atoms with Gasteiger partial charge in [0.05, 0.1) is 4.88 Å². The number of allylic oxidation sites excluding steroid dienone is 2. The Bertz CT molecular complexity index is 693. The molecule has 0 spiro atoms. The van der Waals surface area contributed by atoms with Crippen LogP contribution in [-0.4, -0.2) is 16.1 Å². The molecule has 21 heavy (non-hydrogen) atoms. The van der Waals surface area contributed by atoms with Crippen LogP contribution in [0.15, 0.2) is 23.6 Å². The first-order valence-corrected chi connectivity index (χ1v) is 8.15. The lowest BCUT2D eigenvalue weighted by atomic mass is 9.76. The summed E-state index contributed by atoms with van der Waals surface area (Å²) in [7, 11) is 1.84. The predicted molar refractivity (Wildman–Crippen MR) is 87.5 cm³/mol. The molecule has 2 aromatic heterocycles. The van der Waals surface area contributed by atoms with Crippen molar-refractivity contribution < 1.29 is 4.79 Å². The minimum Gasteiger partial charge on any atom is -0.296 e. The number of aromatic nitrogens is 2. The molecule has 0 bridgehead atoms. The third-order valence-electron chi connectivity index (χ3n) is 4.25. The topological polar surface area (TPSA) is 34.9 Å². The van der Waals surface area contributed by atoms with Crippen molar-refractivity contribution in [1.29, 1.82) is 0 Å². The summed E-state index contributed by atoms with van der Waals surface area (Å²) in [5, 5.41) is 6.64. The van der Waals surface area contributed by atoms with Crippen LogP contribution in [-0.2, 0) is 7.05 Å². The van der Waals surface area contributed by atoms with Crippen molar-refractivity contribution in [1.82, 2.24) is 9.78 Å². The molecular weight excluding hydrogens is 280 g/mol. The fourth-order valence-electron chi connectivity index (χ4n) is 2.88. The monoisotopic (exact) mass is 300 g/mol. The molecule has 0 atom stereocenters. The van der Waals surface area contributed by atoms with Crippen molar-refractivity contribution in [3.63, 3.8) is 0 Å². The van der Waals surface area contributed by atoms with Crippen molar-refractivity contribution in [2.45, 2.75) is 33.1 Å². The molecule has 3 nitrogen and oxygen atoms in total. The van der Waals surface area contributed by atoms with Crippen LogP contribution < -0.4 is 0 Å². The van der Waals surface area contributed by atoms with Gasteiger partial charge in [-0.25, -0.2) is 0 Å². The molecule has 0 saturated heterocycles. The van der Waals surface area contributed by atoms with Gasteiger partial charge in [0.2, 0.25) is 0 Å². The largest absolute Gasteiger partial charge is 0.296 e. The summed E-state index contributed by atoms with van der Waals surface area (Å²) in [6, 6.07) is 4.09. The smallest absolute Gasteiger partial charge is 0.168 e. The molecule has 4 heteroatoms. The minimum absolute atomic E-state index is 0.357. The quantitative estimate of drug-likeness (QED) is 0.779. The fourth-order valence-corrected chi connectivity index (χ4v) is 3.59. The highest BCUT2D eigenvalue weighted by Gasteiger charge is 2.27. The Balaban J connectivity index is 2.13. The number of thiophene rings is 1. The van der Waals surface area contributed by atoms with Crippen LogP contribution >= 0.6 is 11.3 Å². The van der Waals surface area contributed by atoms with Crippen LogP contribution in [0.2, 0.25) is 0 Å². The summed E-state index contributed by atoms with van der Waals surface area (Å²) in [5.74, 6) is 0. The van der Waals surface area contributed by atoms with Gasteiger partial charge < -0.3 is 0 Å². The van der Waals surface area contributed by atoms with Gasteiger partial charge in [-0.3, -0.25) is 9.48 Å². The number of nitrogens with zero attached hydrogens (tertiary/aromatic N) is 2. The van der Waals surface area contributed by atoms with Crippen LogP contribution in [0.1, 0.15) is 49.2 Å². The molecule has 0 N–H and O–H groups in total. The van der Waals surface area contributed by atoms with Crippen LogP contribution in [0.4, 0.5) is 0 Å². The zero-order valence-corrected chi connectivity index (χ0v) is 13.5. The van der Waals surface area contributed by atoms with E-state index in [2.05, 4.69) is 31.1 Å². The predicted octanol–water partition coefficient (Wildman–Crippen LogP) is 4.55. The van der Waals surface area contributed by atoms with E-state index in [9.17, 15) is 4.79 Å². The SMILES string of the molecule is Cn1nc(-c2cccs2)c(C2=CCC(C)(C)CC2)c1C=O. The Hall–Kier alpha value is -1.68. The standard InChI is InChI=1S/C17H20N2OS/c1-17(2)8-6-12(7-9-17)15-13(11-20)19(3)18-16(15)14-5-4-10-21-14/h4-6,10-11H,7-9H2,1-3H3. The van der Waals surface area contributed by atoms with Crippen LogP contribution in [0.3, 0.4) is 0 Å². The lowest BCUT2D eigenvalue weighted by Gasteiger charge is -2.28. The highest BCUT2D eigenvalue weighted by Crippen LogP contribution is 2.42. The van der Waals surface area contributed by atoms with Crippen LogP contribution in [0.25, 0.3) is 16.1 Å². The number of hydrogen-bond acceptors (Lipinski definition) is 3. The van der Waals surface area contributed by atoms with Crippen LogP contribution in [0.5, 0.6) is 0 Å². The van der Waals surface area contributed by atoms with Gasteiger partial charge in [0.1, 0.15) is 11.4 Å². The second-order valence-corrected chi connectivity index (χ2v) is 7.37. The second-order valence-electron chi connectivity index (χ2n) is 6.43. The number of aldehydes is 1. The Morgan fingerprint density at radius 3 is 2.81 bits per heavy atom. The molecule has 0 amide bonds. The number of carbonyl (C=O) groups excluding carboxylic acids is 1. The summed E-state index contributed by atoms with van der Waals surface area (Å²) >= 11 is 1.67. The van der Waals surface area contributed by atoms with E-state index in [-0.39, 0.29) is 0 Å². The van der Waals surface area contributed by atoms with E-state index in [1.807, 2.05) is 18.5 Å². The van der Waals surface area contributed by atoms with E-state index < -0.39 is 0 Å². The van der Waals surface area contributed by atoms with Crippen molar-refractivity contribution in [3.8, 4) is 10.6 Å². The minimum atomic E-state index is 0.357. The Morgan fingerprint density at radius 2 is 2.24 bits per heavy atom. The van der Waals surface area contributed by atoms with Gasteiger partial charge in [-0.2, -0.15) is 5.10 Å². The van der Waals surface area contributed by atoms with Gasteiger partial charge in [0, 0.05) is 12.6 Å².